The molecule has 0 saturated carbocycles. The van der Waals surface area contributed by atoms with Gasteiger partial charge in [0.05, 0.1) is 16.4 Å². The summed E-state index contributed by atoms with van der Waals surface area (Å²) in [6.45, 7) is 2.01. The van der Waals surface area contributed by atoms with Crippen LogP contribution in [0.15, 0.2) is 41.1 Å². The van der Waals surface area contributed by atoms with Crippen molar-refractivity contribution in [3.8, 4) is 0 Å². The van der Waals surface area contributed by atoms with Gasteiger partial charge in [0.1, 0.15) is 12.1 Å². The smallest absolute Gasteiger partial charge is 0.167 e. The third-order valence-corrected chi connectivity index (χ3v) is 3.88. The number of hydrogen-bond donors (Lipinski definition) is 1. The van der Waals surface area contributed by atoms with E-state index in [1.54, 1.807) is 29.7 Å². The molecule has 4 nitrogen and oxygen atoms in total. The van der Waals surface area contributed by atoms with Crippen LogP contribution < -0.4 is 5.43 Å². The topological polar surface area (TPSA) is 50.2 Å². The largest absolute Gasteiger partial charge is 0.260 e. The monoisotopic (exact) mass is 286 g/mol. The van der Waals surface area contributed by atoms with Crippen LogP contribution in [-0.2, 0) is 0 Å². The Morgan fingerprint density at radius 3 is 2.85 bits per heavy atom. The highest BCUT2D eigenvalue weighted by atomic mass is 32.1. The van der Waals surface area contributed by atoms with Gasteiger partial charge in [-0.1, -0.05) is 12.1 Å². The first kappa shape index (κ1) is 12.7. The van der Waals surface area contributed by atoms with E-state index in [4.69, 9.17) is 0 Å². The first-order chi connectivity index (χ1) is 9.74. The summed E-state index contributed by atoms with van der Waals surface area (Å²) in [5.74, 6) is 0.410. The summed E-state index contributed by atoms with van der Waals surface area (Å²) in [6.07, 6.45) is 3.13. The Morgan fingerprint density at radius 1 is 1.25 bits per heavy atom. The van der Waals surface area contributed by atoms with E-state index in [9.17, 15) is 4.39 Å². The summed E-state index contributed by atoms with van der Waals surface area (Å²) in [5, 5.41) is 6.16. The van der Waals surface area contributed by atoms with Crippen LogP contribution in [0.25, 0.3) is 10.2 Å². The molecule has 0 unspecified atom stereocenters. The number of hydrazone groups is 1. The second-order valence-corrected chi connectivity index (χ2v) is 5.12. The van der Waals surface area contributed by atoms with E-state index < -0.39 is 0 Å². The Bertz CT molecular complexity index is 764. The van der Waals surface area contributed by atoms with Crippen molar-refractivity contribution in [3.63, 3.8) is 0 Å². The highest BCUT2D eigenvalue weighted by molar-refractivity contribution is 7.18. The van der Waals surface area contributed by atoms with Gasteiger partial charge in [-0.2, -0.15) is 5.10 Å². The zero-order valence-electron chi connectivity index (χ0n) is 10.7. The fraction of sp³-hybridized carbons (Fsp3) is 0.0714. The molecule has 20 heavy (non-hydrogen) atoms. The Kier molecular flexibility index (Phi) is 3.39. The molecule has 2 heterocycles. The molecule has 0 aliphatic rings. The summed E-state index contributed by atoms with van der Waals surface area (Å²) in [6, 6.07) is 6.11. The predicted molar refractivity (Wildman–Crippen MR) is 79.8 cm³/mol. The molecule has 0 bridgehead atoms. The maximum Gasteiger partial charge on any atom is 0.167 e. The first-order valence-electron chi connectivity index (χ1n) is 5.97. The molecular formula is C14H11FN4S. The standard InChI is InChI=1S/C14H11FN4S/c1-9-7-20-13-12(9)16-8-17-14(13)19-18-6-10-2-4-11(15)5-3-10/h2-8H,1H3,(H,16,17,19)/b18-6-. The molecule has 0 radical (unpaired) electrons. The Morgan fingerprint density at radius 2 is 2.05 bits per heavy atom. The van der Waals surface area contributed by atoms with Crippen molar-refractivity contribution < 1.29 is 4.39 Å². The summed E-state index contributed by atoms with van der Waals surface area (Å²) in [4.78, 5) is 8.42. The quantitative estimate of drug-likeness (QED) is 0.591. The van der Waals surface area contributed by atoms with Crippen LogP contribution in [-0.4, -0.2) is 16.2 Å². The molecule has 1 N–H and O–H groups in total. The maximum atomic E-state index is 12.8. The van der Waals surface area contributed by atoms with Gasteiger partial charge in [0.25, 0.3) is 0 Å². The van der Waals surface area contributed by atoms with E-state index >= 15 is 0 Å². The number of nitrogens with zero attached hydrogens (tertiary/aromatic N) is 3. The van der Waals surface area contributed by atoms with Crippen LogP contribution >= 0.6 is 11.3 Å². The van der Waals surface area contributed by atoms with Crippen LogP contribution in [0.5, 0.6) is 0 Å². The van der Waals surface area contributed by atoms with Gasteiger partial charge in [-0.05, 0) is 35.6 Å². The number of benzene rings is 1. The average Bonchev–Trinajstić information content (AvgIpc) is 2.84. The second-order valence-electron chi connectivity index (χ2n) is 4.24. The molecule has 100 valence electrons. The highest BCUT2D eigenvalue weighted by Gasteiger charge is 2.06. The normalized spacial score (nSPS) is 11.3. The number of anilines is 1. The molecule has 0 aliphatic carbocycles. The molecule has 3 rings (SSSR count). The third-order valence-electron chi connectivity index (χ3n) is 2.78. The fourth-order valence-electron chi connectivity index (χ4n) is 1.77. The van der Waals surface area contributed by atoms with Gasteiger partial charge in [0.15, 0.2) is 5.82 Å². The van der Waals surface area contributed by atoms with Crippen LogP contribution in [0.2, 0.25) is 0 Å². The Balaban J connectivity index is 1.81. The molecule has 1 aromatic carbocycles. The molecule has 3 aromatic rings. The summed E-state index contributed by atoms with van der Waals surface area (Å²) >= 11 is 1.58. The van der Waals surface area contributed by atoms with Crippen molar-refractivity contribution in [2.75, 3.05) is 5.43 Å². The summed E-state index contributed by atoms with van der Waals surface area (Å²) in [7, 11) is 0. The highest BCUT2D eigenvalue weighted by Crippen LogP contribution is 2.28. The molecule has 2 aromatic heterocycles. The van der Waals surface area contributed by atoms with Crippen LogP contribution in [0.3, 0.4) is 0 Å². The Hall–Kier alpha value is -2.34. The lowest BCUT2D eigenvalue weighted by atomic mass is 10.2. The van der Waals surface area contributed by atoms with Gasteiger partial charge >= 0.3 is 0 Å². The van der Waals surface area contributed by atoms with Gasteiger partial charge in [-0.15, -0.1) is 11.3 Å². The lowest BCUT2D eigenvalue weighted by Crippen LogP contribution is -1.94. The lowest BCUT2D eigenvalue weighted by Gasteiger charge is -2.00. The van der Waals surface area contributed by atoms with Gasteiger partial charge in [0, 0.05) is 0 Å². The molecule has 0 spiro atoms. The first-order valence-corrected chi connectivity index (χ1v) is 6.85. The molecule has 0 atom stereocenters. The van der Waals surface area contributed by atoms with Crippen LogP contribution in [0, 0.1) is 12.7 Å². The van der Waals surface area contributed by atoms with E-state index in [-0.39, 0.29) is 5.82 Å². The molecule has 0 saturated heterocycles. The number of hydrogen-bond acceptors (Lipinski definition) is 5. The van der Waals surface area contributed by atoms with Gasteiger partial charge in [-0.3, -0.25) is 5.43 Å². The van der Waals surface area contributed by atoms with Gasteiger partial charge < -0.3 is 0 Å². The number of thiophene rings is 1. The number of halogens is 1. The van der Waals surface area contributed by atoms with E-state index in [1.807, 2.05) is 12.3 Å². The van der Waals surface area contributed by atoms with Gasteiger partial charge in [0.2, 0.25) is 0 Å². The van der Waals surface area contributed by atoms with Crippen molar-refractivity contribution in [3.05, 3.63) is 52.9 Å². The van der Waals surface area contributed by atoms with E-state index in [2.05, 4.69) is 20.5 Å². The van der Waals surface area contributed by atoms with Crippen molar-refractivity contribution in [2.45, 2.75) is 6.92 Å². The fourth-order valence-corrected chi connectivity index (χ4v) is 2.71. The van der Waals surface area contributed by atoms with Crippen molar-refractivity contribution in [1.82, 2.24) is 9.97 Å². The summed E-state index contributed by atoms with van der Waals surface area (Å²) in [5.41, 5.74) is 5.77. The third kappa shape index (κ3) is 2.50. The zero-order valence-corrected chi connectivity index (χ0v) is 11.5. The summed E-state index contributed by atoms with van der Waals surface area (Å²) < 4.78 is 13.7. The van der Waals surface area contributed by atoms with Crippen molar-refractivity contribution >= 4 is 33.6 Å². The molecule has 0 aliphatic heterocycles. The minimum Gasteiger partial charge on any atom is -0.260 e. The Labute approximate surface area is 119 Å². The number of rotatable bonds is 3. The molecular weight excluding hydrogens is 275 g/mol. The second kappa shape index (κ2) is 5.34. The minimum atomic E-state index is -0.262. The lowest BCUT2D eigenvalue weighted by molar-refractivity contribution is 0.628. The van der Waals surface area contributed by atoms with Crippen LogP contribution in [0.4, 0.5) is 10.2 Å². The van der Waals surface area contributed by atoms with E-state index in [1.165, 1.54) is 18.5 Å². The van der Waals surface area contributed by atoms with E-state index in [0.29, 0.717) is 5.82 Å². The number of aryl methyl sites for hydroxylation is 1. The number of aromatic nitrogens is 2. The number of fused-ring (bicyclic) bond motifs is 1. The van der Waals surface area contributed by atoms with Crippen molar-refractivity contribution in [1.29, 1.82) is 0 Å². The SMILES string of the molecule is Cc1csc2c(N/N=C\c3ccc(F)cc3)ncnc12. The molecule has 0 amide bonds. The zero-order chi connectivity index (χ0) is 13.9. The van der Waals surface area contributed by atoms with E-state index in [0.717, 1.165) is 21.3 Å². The average molecular weight is 286 g/mol. The molecule has 6 heteroatoms. The number of nitrogens with one attached hydrogen (secondary N) is 1. The van der Waals surface area contributed by atoms with Crippen molar-refractivity contribution in [2.24, 2.45) is 5.10 Å². The van der Waals surface area contributed by atoms with Crippen LogP contribution in [0.1, 0.15) is 11.1 Å². The van der Waals surface area contributed by atoms with Gasteiger partial charge in [-0.25, -0.2) is 14.4 Å². The predicted octanol–water partition coefficient (Wildman–Crippen LogP) is 3.58. The maximum absolute atomic E-state index is 12.8. The minimum absolute atomic E-state index is 0.262. The molecule has 0 fully saturated rings.